The number of rotatable bonds is 3. The molecule has 3 N–H and O–H groups in total. The van der Waals surface area contributed by atoms with Gasteiger partial charge in [-0.2, -0.15) is 0 Å². The molecule has 1 amide bonds. The molecule has 0 aromatic heterocycles. The van der Waals surface area contributed by atoms with Gasteiger partial charge in [0, 0.05) is 11.1 Å². The Labute approximate surface area is 112 Å². The van der Waals surface area contributed by atoms with Crippen LogP contribution in [-0.4, -0.2) is 32.1 Å². The zero-order valence-electron chi connectivity index (χ0n) is 10.9. The zero-order valence-corrected chi connectivity index (χ0v) is 10.9. The van der Waals surface area contributed by atoms with Crippen LogP contribution in [0.3, 0.4) is 0 Å². The van der Waals surface area contributed by atoms with Crippen molar-refractivity contribution in [1.82, 2.24) is 5.32 Å². The maximum absolute atomic E-state index is 11.9. The number of ether oxygens (including phenoxy) is 1. The summed E-state index contributed by atoms with van der Waals surface area (Å²) in [5.74, 6) is 4.75. The Bertz CT molecular complexity index is 541. The van der Waals surface area contributed by atoms with Crippen molar-refractivity contribution in [3.8, 4) is 11.8 Å². The fraction of sp³-hybridized carbons (Fsp3) is 0.286. The Morgan fingerprint density at radius 2 is 2.16 bits per heavy atom. The maximum Gasteiger partial charge on any atom is 0.325 e. The minimum atomic E-state index is -0.495. The molecular weight excluding hydrogens is 244 g/mol. The molecule has 0 heterocycles. The van der Waals surface area contributed by atoms with Gasteiger partial charge in [-0.3, -0.25) is 9.59 Å². The van der Waals surface area contributed by atoms with E-state index in [2.05, 4.69) is 21.9 Å². The third-order valence-corrected chi connectivity index (χ3v) is 2.44. The van der Waals surface area contributed by atoms with Gasteiger partial charge >= 0.3 is 5.97 Å². The summed E-state index contributed by atoms with van der Waals surface area (Å²) < 4.78 is 4.45. The highest BCUT2D eigenvalue weighted by atomic mass is 16.5. The van der Waals surface area contributed by atoms with Gasteiger partial charge in [0.05, 0.1) is 13.7 Å². The van der Waals surface area contributed by atoms with Gasteiger partial charge in [-0.1, -0.05) is 17.9 Å². The van der Waals surface area contributed by atoms with Crippen LogP contribution in [0.25, 0.3) is 0 Å². The SMILES string of the molecule is COC(=O)CNC(=O)c1cc(C#CCN)ccc1C. The molecule has 0 saturated heterocycles. The molecule has 0 radical (unpaired) electrons. The molecule has 0 saturated carbocycles. The van der Waals surface area contributed by atoms with E-state index in [1.807, 2.05) is 13.0 Å². The van der Waals surface area contributed by atoms with E-state index in [9.17, 15) is 9.59 Å². The van der Waals surface area contributed by atoms with Crippen molar-refractivity contribution >= 4 is 11.9 Å². The number of nitrogens with two attached hydrogens (primary N) is 1. The van der Waals surface area contributed by atoms with E-state index in [1.165, 1.54) is 7.11 Å². The van der Waals surface area contributed by atoms with Gasteiger partial charge in [0.15, 0.2) is 0 Å². The van der Waals surface area contributed by atoms with Gasteiger partial charge in [-0.15, -0.1) is 0 Å². The third-order valence-electron chi connectivity index (χ3n) is 2.44. The number of hydrogen-bond acceptors (Lipinski definition) is 4. The van der Waals surface area contributed by atoms with Crippen molar-refractivity contribution in [2.45, 2.75) is 6.92 Å². The van der Waals surface area contributed by atoms with Crippen molar-refractivity contribution in [2.24, 2.45) is 5.73 Å². The van der Waals surface area contributed by atoms with Crippen LogP contribution in [0.2, 0.25) is 0 Å². The normalized spacial score (nSPS) is 9.21. The maximum atomic E-state index is 11.9. The van der Waals surface area contributed by atoms with E-state index < -0.39 is 5.97 Å². The zero-order chi connectivity index (χ0) is 14.3. The molecule has 5 heteroatoms. The predicted molar refractivity (Wildman–Crippen MR) is 71.5 cm³/mol. The molecule has 1 aromatic rings. The largest absolute Gasteiger partial charge is 0.468 e. The van der Waals surface area contributed by atoms with Crippen molar-refractivity contribution in [3.05, 3.63) is 34.9 Å². The van der Waals surface area contributed by atoms with Crippen molar-refractivity contribution in [3.63, 3.8) is 0 Å². The monoisotopic (exact) mass is 260 g/mol. The second kappa shape index (κ2) is 7.19. The number of carbonyl (C=O) groups is 2. The lowest BCUT2D eigenvalue weighted by atomic mass is 10.0. The van der Waals surface area contributed by atoms with Crippen molar-refractivity contribution in [2.75, 3.05) is 20.2 Å². The first-order valence-electron chi connectivity index (χ1n) is 5.73. The highest BCUT2D eigenvalue weighted by Crippen LogP contribution is 2.10. The first kappa shape index (κ1) is 14.7. The van der Waals surface area contributed by atoms with Gasteiger partial charge in [-0.25, -0.2) is 0 Å². The lowest BCUT2D eigenvalue weighted by Crippen LogP contribution is -2.30. The second-order valence-corrected chi connectivity index (χ2v) is 3.79. The minimum absolute atomic E-state index is 0.159. The van der Waals surface area contributed by atoms with Crippen LogP contribution in [0.4, 0.5) is 0 Å². The van der Waals surface area contributed by atoms with E-state index in [0.29, 0.717) is 11.1 Å². The van der Waals surface area contributed by atoms with Crippen LogP contribution < -0.4 is 11.1 Å². The molecule has 1 aromatic carbocycles. The average molecular weight is 260 g/mol. The number of amides is 1. The second-order valence-electron chi connectivity index (χ2n) is 3.79. The molecule has 0 bridgehead atoms. The Morgan fingerprint density at radius 1 is 1.42 bits per heavy atom. The Balaban J connectivity index is 2.86. The summed E-state index contributed by atoms with van der Waals surface area (Å²) in [7, 11) is 1.27. The average Bonchev–Trinajstić information content (AvgIpc) is 2.43. The summed E-state index contributed by atoms with van der Waals surface area (Å²) in [6, 6.07) is 5.28. The van der Waals surface area contributed by atoms with E-state index in [1.54, 1.807) is 12.1 Å². The first-order valence-corrected chi connectivity index (χ1v) is 5.73. The summed E-state index contributed by atoms with van der Waals surface area (Å²) in [5, 5.41) is 2.49. The lowest BCUT2D eigenvalue weighted by molar-refractivity contribution is -0.139. The Kier molecular flexibility index (Phi) is 5.58. The van der Waals surface area contributed by atoms with Crippen LogP contribution in [0.1, 0.15) is 21.5 Å². The van der Waals surface area contributed by atoms with Gasteiger partial charge in [0.1, 0.15) is 6.54 Å². The highest BCUT2D eigenvalue weighted by Gasteiger charge is 2.11. The van der Waals surface area contributed by atoms with E-state index in [4.69, 9.17) is 5.73 Å². The summed E-state index contributed by atoms with van der Waals surface area (Å²) >= 11 is 0. The molecule has 100 valence electrons. The fourth-order valence-electron chi connectivity index (χ4n) is 1.42. The summed E-state index contributed by atoms with van der Waals surface area (Å²) in [4.78, 5) is 22.9. The summed E-state index contributed by atoms with van der Waals surface area (Å²) in [6.07, 6.45) is 0. The molecule has 0 aliphatic heterocycles. The smallest absolute Gasteiger partial charge is 0.325 e. The van der Waals surface area contributed by atoms with Crippen LogP contribution in [0.15, 0.2) is 18.2 Å². The molecule has 19 heavy (non-hydrogen) atoms. The van der Waals surface area contributed by atoms with Crippen LogP contribution >= 0.6 is 0 Å². The summed E-state index contributed by atoms with van der Waals surface area (Å²) in [6.45, 7) is 1.92. The molecule has 1 rings (SSSR count). The Hall–Kier alpha value is -2.32. The van der Waals surface area contributed by atoms with E-state index >= 15 is 0 Å². The fourth-order valence-corrected chi connectivity index (χ4v) is 1.42. The molecule has 0 fully saturated rings. The lowest BCUT2D eigenvalue weighted by Gasteiger charge is -2.07. The molecule has 0 aliphatic rings. The molecule has 0 spiro atoms. The number of methoxy groups -OCH3 is 1. The van der Waals surface area contributed by atoms with E-state index in [-0.39, 0.29) is 19.0 Å². The number of hydrogen-bond donors (Lipinski definition) is 2. The van der Waals surface area contributed by atoms with Crippen molar-refractivity contribution in [1.29, 1.82) is 0 Å². The van der Waals surface area contributed by atoms with Gasteiger partial charge in [0.2, 0.25) is 0 Å². The molecular formula is C14H16N2O3. The van der Waals surface area contributed by atoms with Crippen LogP contribution in [0, 0.1) is 18.8 Å². The number of benzene rings is 1. The minimum Gasteiger partial charge on any atom is -0.468 e. The van der Waals surface area contributed by atoms with Gasteiger partial charge in [-0.05, 0) is 24.6 Å². The van der Waals surface area contributed by atoms with Crippen LogP contribution in [-0.2, 0) is 9.53 Å². The van der Waals surface area contributed by atoms with E-state index in [0.717, 1.165) is 5.56 Å². The topological polar surface area (TPSA) is 81.4 Å². The number of carbonyl (C=O) groups excluding carboxylic acids is 2. The summed E-state index contributed by atoms with van der Waals surface area (Å²) in [5.41, 5.74) is 7.29. The van der Waals surface area contributed by atoms with Crippen molar-refractivity contribution < 1.29 is 14.3 Å². The van der Waals surface area contributed by atoms with Crippen LogP contribution in [0.5, 0.6) is 0 Å². The standard InChI is InChI=1S/C14H16N2O3/c1-10-5-6-11(4-3-7-15)8-12(10)14(18)16-9-13(17)19-2/h5-6,8H,7,9,15H2,1-2H3,(H,16,18). The predicted octanol–water partition coefficient (Wildman–Crippen LogP) is 0.208. The van der Waals surface area contributed by atoms with Gasteiger partial charge in [0.25, 0.3) is 5.91 Å². The molecule has 5 nitrogen and oxygen atoms in total. The first-order chi connectivity index (χ1) is 9.08. The van der Waals surface area contributed by atoms with Gasteiger partial charge < -0.3 is 15.8 Å². The molecule has 0 aliphatic carbocycles. The number of nitrogens with one attached hydrogen (secondary N) is 1. The molecule has 0 unspecified atom stereocenters. The highest BCUT2D eigenvalue weighted by molar-refractivity contribution is 5.97. The Morgan fingerprint density at radius 3 is 2.79 bits per heavy atom. The number of aryl methyl sites for hydroxylation is 1. The number of esters is 1. The molecule has 0 atom stereocenters. The third kappa shape index (κ3) is 4.45. The quantitative estimate of drug-likeness (QED) is 0.601.